The van der Waals surface area contributed by atoms with Crippen LogP contribution >= 0.6 is 11.6 Å². The molecule has 4 fully saturated rings. The van der Waals surface area contributed by atoms with Gasteiger partial charge in [-0.15, -0.1) is 0 Å². The molecule has 22 heavy (non-hydrogen) atoms. The van der Waals surface area contributed by atoms with Crippen molar-refractivity contribution < 1.29 is 9.18 Å². The van der Waals surface area contributed by atoms with E-state index in [9.17, 15) is 9.18 Å². The number of carbonyl (C=O) groups is 1. The normalized spacial score (nSPS) is 35.6. The minimum absolute atomic E-state index is 0.0526. The van der Waals surface area contributed by atoms with Crippen LogP contribution in [-0.4, -0.2) is 5.91 Å². The van der Waals surface area contributed by atoms with Crippen molar-refractivity contribution in [3.63, 3.8) is 0 Å². The molecule has 5 rings (SSSR count). The van der Waals surface area contributed by atoms with Crippen molar-refractivity contribution in [1.82, 2.24) is 0 Å². The Morgan fingerprint density at radius 3 is 2.32 bits per heavy atom. The van der Waals surface area contributed by atoms with Crippen LogP contribution in [0.15, 0.2) is 18.2 Å². The van der Waals surface area contributed by atoms with Gasteiger partial charge in [-0.05, 0) is 79.9 Å². The number of halogens is 2. The maximum absolute atomic E-state index is 13.8. The molecular formula is C18H21ClFNO. The smallest absolute Gasteiger partial charge is 0.225 e. The fourth-order valence-electron chi connectivity index (χ4n) is 5.63. The van der Waals surface area contributed by atoms with Crippen LogP contribution in [0.2, 0.25) is 5.02 Å². The zero-order chi connectivity index (χ0) is 15.3. The Morgan fingerprint density at radius 1 is 1.18 bits per heavy atom. The van der Waals surface area contributed by atoms with Crippen molar-refractivity contribution >= 4 is 23.2 Å². The van der Waals surface area contributed by atoms with Gasteiger partial charge in [0.1, 0.15) is 5.82 Å². The second-order valence-corrected chi connectivity index (χ2v) is 8.20. The molecule has 1 amide bonds. The predicted molar refractivity (Wildman–Crippen MR) is 85.3 cm³/mol. The van der Waals surface area contributed by atoms with E-state index in [0.29, 0.717) is 11.4 Å². The zero-order valence-corrected chi connectivity index (χ0v) is 13.3. The summed E-state index contributed by atoms with van der Waals surface area (Å²) in [6, 6.07) is 4.38. The Kier molecular flexibility index (Phi) is 3.44. The number of hydrogen-bond acceptors (Lipinski definition) is 1. The second kappa shape index (κ2) is 5.23. The Morgan fingerprint density at radius 2 is 1.77 bits per heavy atom. The topological polar surface area (TPSA) is 29.1 Å². The van der Waals surface area contributed by atoms with Crippen LogP contribution in [0.4, 0.5) is 10.1 Å². The lowest BCUT2D eigenvalue weighted by Gasteiger charge is -2.56. The van der Waals surface area contributed by atoms with Gasteiger partial charge in [0.2, 0.25) is 5.91 Å². The molecule has 118 valence electrons. The molecule has 0 radical (unpaired) electrons. The molecule has 0 aliphatic heterocycles. The monoisotopic (exact) mass is 321 g/mol. The first kappa shape index (κ1) is 14.5. The summed E-state index contributed by atoms with van der Waals surface area (Å²) in [5, 5.41) is 3.08. The second-order valence-electron chi connectivity index (χ2n) is 7.77. The van der Waals surface area contributed by atoms with Crippen molar-refractivity contribution in [2.45, 2.75) is 44.9 Å². The molecule has 4 bridgehead atoms. The fraction of sp³-hybridized carbons (Fsp3) is 0.611. The first-order chi connectivity index (χ1) is 10.5. The van der Waals surface area contributed by atoms with Crippen molar-refractivity contribution in [2.75, 3.05) is 5.32 Å². The van der Waals surface area contributed by atoms with E-state index < -0.39 is 5.82 Å². The number of carbonyl (C=O) groups excluding carboxylic acids is 1. The van der Waals surface area contributed by atoms with Crippen LogP contribution in [0.5, 0.6) is 0 Å². The van der Waals surface area contributed by atoms with E-state index in [1.807, 2.05) is 0 Å². The highest BCUT2D eigenvalue weighted by Gasteiger charge is 2.51. The highest BCUT2D eigenvalue weighted by Crippen LogP contribution is 2.61. The molecule has 0 unspecified atom stereocenters. The van der Waals surface area contributed by atoms with E-state index in [2.05, 4.69) is 5.32 Å². The van der Waals surface area contributed by atoms with E-state index in [4.69, 9.17) is 11.6 Å². The maximum atomic E-state index is 13.8. The van der Waals surface area contributed by atoms with Gasteiger partial charge in [-0.3, -0.25) is 4.79 Å². The molecule has 4 heteroatoms. The molecule has 0 saturated heterocycles. The van der Waals surface area contributed by atoms with E-state index in [0.717, 1.165) is 17.8 Å². The molecule has 1 aromatic rings. The highest BCUT2D eigenvalue weighted by atomic mass is 35.5. The molecule has 0 aromatic heterocycles. The van der Waals surface area contributed by atoms with Crippen molar-refractivity contribution in [2.24, 2.45) is 23.2 Å². The minimum atomic E-state index is -0.466. The van der Waals surface area contributed by atoms with E-state index in [-0.39, 0.29) is 17.0 Å². The summed E-state index contributed by atoms with van der Waals surface area (Å²) in [7, 11) is 0. The Labute approximate surface area is 135 Å². The van der Waals surface area contributed by atoms with Gasteiger partial charge in [0, 0.05) is 11.4 Å². The predicted octanol–water partition coefficient (Wildman–Crippen LogP) is 5.02. The first-order valence-corrected chi connectivity index (χ1v) is 8.64. The van der Waals surface area contributed by atoms with Gasteiger partial charge in [-0.2, -0.15) is 0 Å². The highest BCUT2D eigenvalue weighted by molar-refractivity contribution is 6.30. The van der Waals surface area contributed by atoms with Crippen LogP contribution in [0, 0.1) is 29.0 Å². The summed E-state index contributed by atoms with van der Waals surface area (Å²) in [5.74, 6) is 1.96. The molecule has 0 spiro atoms. The molecular weight excluding hydrogens is 301 g/mol. The maximum Gasteiger partial charge on any atom is 0.225 e. The quantitative estimate of drug-likeness (QED) is 0.831. The average Bonchev–Trinajstić information content (AvgIpc) is 2.39. The molecule has 1 aromatic carbocycles. The molecule has 4 aliphatic carbocycles. The number of rotatable bonds is 3. The summed E-state index contributed by atoms with van der Waals surface area (Å²) < 4.78 is 13.8. The van der Waals surface area contributed by atoms with Crippen molar-refractivity contribution in [3.05, 3.63) is 29.0 Å². The molecule has 0 atom stereocenters. The van der Waals surface area contributed by atoms with Gasteiger partial charge in [-0.25, -0.2) is 4.39 Å². The summed E-state index contributed by atoms with van der Waals surface area (Å²) >= 11 is 5.75. The summed E-state index contributed by atoms with van der Waals surface area (Å²) in [6.45, 7) is 0. The number of nitrogens with one attached hydrogen (secondary N) is 1. The molecule has 1 N–H and O–H groups in total. The summed E-state index contributed by atoms with van der Waals surface area (Å²) in [5.41, 5.74) is 0.418. The largest absolute Gasteiger partial charge is 0.324 e. The third-order valence-electron chi connectivity index (χ3n) is 5.91. The van der Waals surface area contributed by atoms with Gasteiger partial charge in [0.05, 0.1) is 5.69 Å². The molecule has 2 nitrogen and oxygen atoms in total. The number of anilines is 1. The third kappa shape index (κ3) is 2.64. The minimum Gasteiger partial charge on any atom is -0.324 e. The lowest BCUT2D eigenvalue weighted by atomic mass is 9.49. The van der Waals surface area contributed by atoms with E-state index in [1.165, 1.54) is 50.7 Å². The molecule has 0 heterocycles. The summed E-state index contributed by atoms with van der Waals surface area (Å²) in [6.07, 6.45) is 8.21. The zero-order valence-electron chi connectivity index (χ0n) is 12.6. The number of benzene rings is 1. The summed E-state index contributed by atoms with van der Waals surface area (Å²) in [4.78, 5) is 12.4. The van der Waals surface area contributed by atoms with Gasteiger partial charge >= 0.3 is 0 Å². The van der Waals surface area contributed by atoms with Crippen LogP contribution in [0.3, 0.4) is 0 Å². The van der Waals surface area contributed by atoms with Crippen LogP contribution in [-0.2, 0) is 4.79 Å². The van der Waals surface area contributed by atoms with Crippen molar-refractivity contribution in [1.29, 1.82) is 0 Å². The Balaban J connectivity index is 1.46. The van der Waals surface area contributed by atoms with Crippen LogP contribution in [0.1, 0.15) is 44.9 Å². The standard InChI is InChI=1S/C18H21ClFNO/c19-14-1-2-16(15(20)6-14)21-17(22)10-18-7-11-3-12(8-18)5-13(4-11)9-18/h1-2,6,11-13H,3-5,7-10H2,(H,21,22). The lowest BCUT2D eigenvalue weighted by molar-refractivity contribution is -0.124. The number of hydrogen-bond donors (Lipinski definition) is 1. The van der Waals surface area contributed by atoms with Crippen LogP contribution in [0.25, 0.3) is 0 Å². The first-order valence-electron chi connectivity index (χ1n) is 8.26. The van der Waals surface area contributed by atoms with E-state index >= 15 is 0 Å². The Hall–Kier alpha value is -1.09. The molecule has 4 saturated carbocycles. The Bertz CT molecular complexity index is 580. The fourth-order valence-corrected chi connectivity index (χ4v) is 5.79. The van der Waals surface area contributed by atoms with E-state index in [1.54, 1.807) is 6.07 Å². The SMILES string of the molecule is O=C(CC12CC3CC(CC(C3)C1)C2)Nc1ccc(Cl)cc1F. The van der Waals surface area contributed by atoms with Gasteiger partial charge in [-0.1, -0.05) is 11.6 Å². The lowest BCUT2D eigenvalue weighted by Crippen LogP contribution is -2.47. The van der Waals surface area contributed by atoms with Crippen molar-refractivity contribution in [3.8, 4) is 0 Å². The average molecular weight is 322 g/mol. The molecule has 4 aliphatic rings. The van der Waals surface area contributed by atoms with Gasteiger partial charge < -0.3 is 5.32 Å². The van der Waals surface area contributed by atoms with Crippen LogP contribution < -0.4 is 5.32 Å². The third-order valence-corrected chi connectivity index (χ3v) is 6.14. The van der Waals surface area contributed by atoms with Gasteiger partial charge in [0.25, 0.3) is 0 Å². The van der Waals surface area contributed by atoms with Gasteiger partial charge in [0.15, 0.2) is 0 Å². The number of amides is 1.